The second kappa shape index (κ2) is 7.77. The van der Waals surface area contributed by atoms with Gasteiger partial charge in [0.25, 0.3) is 0 Å². The van der Waals surface area contributed by atoms with E-state index < -0.39 is 5.60 Å². The fourth-order valence-electron chi connectivity index (χ4n) is 3.25. The lowest BCUT2D eigenvalue weighted by atomic mass is 9.88. The molecule has 1 saturated heterocycles. The Morgan fingerprint density at radius 3 is 2.12 bits per heavy atom. The minimum Gasteiger partial charge on any atom is -0.365 e. The molecule has 0 bridgehead atoms. The summed E-state index contributed by atoms with van der Waals surface area (Å²) >= 11 is 3.48. The number of likely N-dealkylation sites (tertiary alicyclic amines) is 1. The Labute approximate surface area is 151 Å². The molecule has 1 aliphatic rings. The molecular formula is C20H23BrFNO. The van der Waals surface area contributed by atoms with Gasteiger partial charge in [0.1, 0.15) is 11.4 Å². The quantitative estimate of drug-likeness (QED) is 0.689. The SMILES string of the molecule is CC(OCCN1CCCC1)(c1ccc(F)cc1)c1ccc(Br)cc1. The Bertz CT molecular complexity index is 605. The summed E-state index contributed by atoms with van der Waals surface area (Å²) in [5.41, 5.74) is 1.44. The third-order valence-electron chi connectivity index (χ3n) is 4.79. The van der Waals surface area contributed by atoms with E-state index in [0.717, 1.165) is 35.2 Å². The van der Waals surface area contributed by atoms with Crippen molar-refractivity contribution in [1.82, 2.24) is 4.90 Å². The lowest BCUT2D eigenvalue weighted by Gasteiger charge is -2.32. The zero-order valence-corrected chi connectivity index (χ0v) is 15.6. The molecule has 0 N–H and O–H groups in total. The van der Waals surface area contributed by atoms with Gasteiger partial charge in [0.15, 0.2) is 0 Å². The van der Waals surface area contributed by atoms with Gasteiger partial charge in [-0.05, 0) is 68.2 Å². The van der Waals surface area contributed by atoms with Crippen molar-refractivity contribution in [2.24, 2.45) is 0 Å². The van der Waals surface area contributed by atoms with E-state index in [1.807, 2.05) is 24.3 Å². The van der Waals surface area contributed by atoms with Crippen molar-refractivity contribution in [1.29, 1.82) is 0 Å². The van der Waals surface area contributed by atoms with Gasteiger partial charge in [0.2, 0.25) is 0 Å². The van der Waals surface area contributed by atoms with E-state index in [0.29, 0.717) is 6.61 Å². The van der Waals surface area contributed by atoms with E-state index in [1.165, 1.54) is 25.0 Å². The monoisotopic (exact) mass is 391 g/mol. The average molecular weight is 392 g/mol. The van der Waals surface area contributed by atoms with E-state index in [4.69, 9.17) is 4.74 Å². The minimum absolute atomic E-state index is 0.228. The lowest BCUT2D eigenvalue weighted by Crippen LogP contribution is -2.32. The first-order valence-corrected chi connectivity index (χ1v) is 9.26. The summed E-state index contributed by atoms with van der Waals surface area (Å²) in [5, 5.41) is 0. The number of nitrogens with zero attached hydrogens (tertiary/aromatic N) is 1. The second-order valence-corrected chi connectivity index (χ2v) is 7.36. The predicted octanol–water partition coefficient (Wildman–Crippen LogP) is 4.96. The number of hydrogen-bond donors (Lipinski definition) is 0. The Hall–Kier alpha value is -1.23. The summed E-state index contributed by atoms with van der Waals surface area (Å²) in [7, 11) is 0. The highest BCUT2D eigenvalue weighted by Crippen LogP contribution is 2.34. The highest BCUT2D eigenvalue weighted by molar-refractivity contribution is 9.10. The topological polar surface area (TPSA) is 12.5 Å². The fraction of sp³-hybridized carbons (Fsp3) is 0.400. The summed E-state index contributed by atoms with van der Waals surface area (Å²) in [4.78, 5) is 2.44. The number of rotatable bonds is 6. The van der Waals surface area contributed by atoms with Gasteiger partial charge in [0, 0.05) is 11.0 Å². The molecule has 0 spiro atoms. The molecule has 1 aliphatic heterocycles. The van der Waals surface area contributed by atoms with Crippen molar-refractivity contribution < 1.29 is 9.13 Å². The maximum absolute atomic E-state index is 13.3. The molecule has 1 unspecified atom stereocenters. The Balaban J connectivity index is 1.81. The maximum atomic E-state index is 13.3. The Morgan fingerprint density at radius 2 is 1.54 bits per heavy atom. The molecule has 1 fully saturated rings. The highest BCUT2D eigenvalue weighted by atomic mass is 79.9. The zero-order valence-electron chi connectivity index (χ0n) is 14.0. The Kier molecular flexibility index (Phi) is 5.69. The molecule has 3 rings (SSSR count). The van der Waals surface area contributed by atoms with Crippen LogP contribution in [-0.4, -0.2) is 31.1 Å². The van der Waals surface area contributed by atoms with E-state index in [9.17, 15) is 4.39 Å². The van der Waals surface area contributed by atoms with Gasteiger partial charge in [-0.2, -0.15) is 0 Å². The summed E-state index contributed by atoms with van der Waals surface area (Å²) in [6, 6.07) is 14.8. The van der Waals surface area contributed by atoms with Gasteiger partial charge < -0.3 is 9.64 Å². The van der Waals surface area contributed by atoms with Gasteiger partial charge in [0.05, 0.1) is 6.61 Å². The van der Waals surface area contributed by atoms with E-state index in [-0.39, 0.29) is 5.82 Å². The van der Waals surface area contributed by atoms with Crippen molar-refractivity contribution in [2.45, 2.75) is 25.4 Å². The van der Waals surface area contributed by atoms with E-state index in [1.54, 1.807) is 0 Å². The largest absolute Gasteiger partial charge is 0.365 e. The molecule has 2 aromatic rings. The first kappa shape index (κ1) is 17.6. The summed E-state index contributed by atoms with van der Waals surface area (Å²) in [6.07, 6.45) is 2.56. The Morgan fingerprint density at radius 1 is 1.00 bits per heavy atom. The molecule has 1 heterocycles. The summed E-state index contributed by atoms with van der Waals surface area (Å²) in [6.45, 7) is 5.98. The average Bonchev–Trinajstić information content (AvgIpc) is 3.09. The van der Waals surface area contributed by atoms with Gasteiger partial charge in [-0.3, -0.25) is 0 Å². The highest BCUT2D eigenvalue weighted by Gasteiger charge is 2.30. The molecule has 2 aromatic carbocycles. The van der Waals surface area contributed by atoms with E-state index >= 15 is 0 Å². The first-order chi connectivity index (χ1) is 11.6. The van der Waals surface area contributed by atoms with Crippen LogP contribution in [0.3, 0.4) is 0 Å². The molecule has 1 atom stereocenters. The van der Waals surface area contributed by atoms with Crippen molar-refractivity contribution in [2.75, 3.05) is 26.2 Å². The molecule has 4 heteroatoms. The third kappa shape index (κ3) is 4.05. The van der Waals surface area contributed by atoms with Gasteiger partial charge in [-0.1, -0.05) is 40.2 Å². The van der Waals surface area contributed by atoms with Crippen LogP contribution in [0.1, 0.15) is 30.9 Å². The first-order valence-electron chi connectivity index (χ1n) is 8.46. The summed E-state index contributed by atoms with van der Waals surface area (Å²) in [5.74, 6) is -0.228. The van der Waals surface area contributed by atoms with Crippen molar-refractivity contribution in [3.8, 4) is 0 Å². The van der Waals surface area contributed by atoms with Gasteiger partial charge in [-0.25, -0.2) is 4.39 Å². The van der Waals surface area contributed by atoms with Gasteiger partial charge in [-0.15, -0.1) is 0 Å². The van der Waals surface area contributed by atoms with Crippen LogP contribution in [0, 0.1) is 5.82 Å². The van der Waals surface area contributed by atoms with Crippen molar-refractivity contribution in [3.63, 3.8) is 0 Å². The van der Waals surface area contributed by atoms with Crippen molar-refractivity contribution >= 4 is 15.9 Å². The molecule has 24 heavy (non-hydrogen) atoms. The lowest BCUT2D eigenvalue weighted by molar-refractivity contribution is -0.0124. The van der Waals surface area contributed by atoms with Crippen LogP contribution in [0.2, 0.25) is 0 Å². The molecule has 0 radical (unpaired) electrons. The van der Waals surface area contributed by atoms with Crippen LogP contribution in [0.25, 0.3) is 0 Å². The molecule has 2 nitrogen and oxygen atoms in total. The minimum atomic E-state index is -0.589. The number of ether oxygens (including phenoxy) is 1. The molecular weight excluding hydrogens is 369 g/mol. The fourth-order valence-corrected chi connectivity index (χ4v) is 3.52. The van der Waals surface area contributed by atoms with Crippen LogP contribution < -0.4 is 0 Å². The summed E-state index contributed by atoms with van der Waals surface area (Å²) < 4.78 is 20.7. The van der Waals surface area contributed by atoms with Crippen LogP contribution in [-0.2, 0) is 10.3 Å². The number of hydrogen-bond acceptors (Lipinski definition) is 2. The molecule has 0 aliphatic carbocycles. The van der Waals surface area contributed by atoms with Gasteiger partial charge >= 0.3 is 0 Å². The molecule has 0 saturated carbocycles. The van der Waals surface area contributed by atoms with Crippen LogP contribution in [0.5, 0.6) is 0 Å². The molecule has 0 amide bonds. The smallest absolute Gasteiger partial charge is 0.123 e. The zero-order chi connectivity index (χ0) is 17.0. The van der Waals surface area contributed by atoms with Crippen LogP contribution in [0.15, 0.2) is 53.0 Å². The normalized spacial score (nSPS) is 17.8. The van der Waals surface area contributed by atoms with Crippen molar-refractivity contribution in [3.05, 3.63) is 69.9 Å². The molecule has 0 aromatic heterocycles. The van der Waals surface area contributed by atoms with Crippen LogP contribution >= 0.6 is 15.9 Å². The van der Waals surface area contributed by atoms with Crippen LogP contribution in [0.4, 0.5) is 4.39 Å². The maximum Gasteiger partial charge on any atom is 0.123 e. The third-order valence-corrected chi connectivity index (χ3v) is 5.32. The van der Waals surface area contributed by atoms with E-state index in [2.05, 4.69) is 39.9 Å². The standard InChI is InChI=1S/C20H23BrFNO/c1-20(16-4-8-18(21)9-5-16,17-6-10-19(22)11-7-17)24-15-14-23-12-2-3-13-23/h4-11H,2-3,12-15H2,1H3. The number of benzene rings is 2. The number of halogens is 2. The second-order valence-electron chi connectivity index (χ2n) is 6.44. The molecule has 128 valence electrons. The predicted molar refractivity (Wildman–Crippen MR) is 98.6 cm³/mol.